The molecular formula is C30H34Cl3N3O4S. The Hall–Kier alpha value is -2.78. The van der Waals surface area contributed by atoms with E-state index in [-0.39, 0.29) is 35.5 Å². The van der Waals surface area contributed by atoms with Gasteiger partial charge in [-0.05, 0) is 68.7 Å². The molecule has 3 aromatic carbocycles. The summed E-state index contributed by atoms with van der Waals surface area (Å²) in [5.41, 5.74) is 1.31. The average Bonchev–Trinajstić information content (AvgIpc) is 2.94. The van der Waals surface area contributed by atoms with Crippen molar-refractivity contribution in [1.82, 2.24) is 10.2 Å². The lowest BCUT2D eigenvalue weighted by Crippen LogP contribution is -2.53. The Labute approximate surface area is 257 Å². The zero-order valence-corrected chi connectivity index (χ0v) is 26.5. The van der Waals surface area contributed by atoms with E-state index in [1.54, 1.807) is 62.4 Å². The van der Waals surface area contributed by atoms with Gasteiger partial charge in [-0.15, -0.1) is 0 Å². The van der Waals surface area contributed by atoms with E-state index in [2.05, 4.69) is 5.32 Å². The van der Waals surface area contributed by atoms with Crippen molar-refractivity contribution in [1.29, 1.82) is 0 Å². The lowest BCUT2D eigenvalue weighted by molar-refractivity contribution is -0.140. The molecule has 2 atom stereocenters. The highest BCUT2D eigenvalue weighted by molar-refractivity contribution is 7.92. The van der Waals surface area contributed by atoms with Crippen molar-refractivity contribution in [2.45, 2.75) is 64.1 Å². The van der Waals surface area contributed by atoms with Gasteiger partial charge in [0.25, 0.3) is 10.0 Å². The number of amides is 2. The standard InChI is InChI=1S/C30H34Cl3N3O4S/c1-5-21(4)34-30(38)27(6-2)35(18-24-25(32)13-10-14-26(24)33)29(37)19-36(28-17-22(31)16-15-20(28)3)41(39,40)23-11-8-7-9-12-23/h7-17,21,27H,5-6,18-19H2,1-4H3,(H,34,38)/t21-,27-/m1/s1. The maximum atomic E-state index is 14.2. The fourth-order valence-electron chi connectivity index (χ4n) is 4.30. The highest BCUT2D eigenvalue weighted by Gasteiger charge is 2.35. The minimum Gasteiger partial charge on any atom is -0.352 e. The molecule has 0 aliphatic heterocycles. The molecule has 0 radical (unpaired) electrons. The summed E-state index contributed by atoms with van der Waals surface area (Å²) in [6.45, 7) is 6.65. The van der Waals surface area contributed by atoms with Crippen LogP contribution in [0, 0.1) is 6.92 Å². The first-order valence-corrected chi connectivity index (χ1v) is 15.8. The zero-order chi connectivity index (χ0) is 30.3. The average molecular weight is 639 g/mol. The number of hydrogen-bond acceptors (Lipinski definition) is 4. The van der Waals surface area contributed by atoms with E-state index in [0.717, 1.165) is 4.31 Å². The third-order valence-corrected chi connectivity index (χ3v) is 9.54. The largest absolute Gasteiger partial charge is 0.352 e. The summed E-state index contributed by atoms with van der Waals surface area (Å²) in [6.07, 6.45) is 0.974. The molecule has 0 unspecified atom stereocenters. The summed E-state index contributed by atoms with van der Waals surface area (Å²) in [7, 11) is -4.21. The number of nitrogens with one attached hydrogen (secondary N) is 1. The molecule has 41 heavy (non-hydrogen) atoms. The predicted octanol–water partition coefficient (Wildman–Crippen LogP) is 6.87. The number of rotatable bonds is 12. The molecule has 3 rings (SSSR count). The van der Waals surface area contributed by atoms with Crippen LogP contribution >= 0.6 is 34.8 Å². The molecule has 2 amide bonds. The number of aryl methyl sites for hydroxylation is 1. The highest BCUT2D eigenvalue weighted by Crippen LogP contribution is 2.31. The van der Waals surface area contributed by atoms with Gasteiger partial charge < -0.3 is 10.2 Å². The van der Waals surface area contributed by atoms with E-state index in [9.17, 15) is 18.0 Å². The van der Waals surface area contributed by atoms with Gasteiger partial charge in [-0.2, -0.15) is 0 Å². The van der Waals surface area contributed by atoms with Crippen LogP contribution in [0.15, 0.2) is 71.6 Å². The Morgan fingerprint density at radius 1 is 0.902 bits per heavy atom. The van der Waals surface area contributed by atoms with Crippen molar-refractivity contribution in [2.75, 3.05) is 10.8 Å². The molecule has 0 aliphatic carbocycles. The lowest BCUT2D eigenvalue weighted by Gasteiger charge is -2.34. The Morgan fingerprint density at radius 2 is 1.54 bits per heavy atom. The SMILES string of the molecule is CC[C@@H](C)NC(=O)[C@@H](CC)N(Cc1c(Cl)cccc1Cl)C(=O)CN(c1cc(Cl)ccc1C)S(=O)(=O)c1ccccc1. The molecule has 0 spiro atoms. The van der Waals surface area contributed by atoms with Crippen molar-refractivity contribution in [2.24, 2.45) is 0 Å². The minimum absolute atomic E-state index is 0.00873. The molecule has 0 aliphatic rings. The second kappa shape index (κ2) is 14.4. The topological polar surface area (TPSA) is 86.8 Å². The van der Waals surface area contributed by atoms with Crippen LogP contribution in [-0.4, -0.2) is 43.8 Å². The van der Waals surface area contributed by atoms with Gasteiger partial charge in [-0.3, -0.25) is 13.9 Å². The van der Waals surface area contributed by atoms with Gasteiger partial charge in [0.15, 0.2) is 0 Å². The molecule has 1 N–H and O–H groups in total. The predicted molar refractivity (Wildman–Crippen MR) is 166 cm³/mol. The van der Waals surface area contributed by atoms with E-state index in [1.165, 1.54) is 23.1 Å². The molecule has 0 saturated heterocycles. The lowest BCUT2D eigenvalue weighted by atomic mass is 10.1. The summed E-state index contributed by atoms with van der Waals surface area (Å²) in [5.74, 6) is -0.958. The quantitative estimate of drug-likeness (QED) is 0.235. The Balaban J connectivity index is 2.13. The van der Waals surface area contributed by atoms with E-state index in [4.69, 9.17) is 34.8 Å². The van der Waals surface area contributed by atoms with Crippen LogP contribution in [0.1, 0.15) is 44.7 Å². The minimum atomic E-state index is -4.21. The van der Waals surface area contributed by atoms with Crippen molar-refractivity contribution in [3.8, 4) is 0 Å². The van der Waals surface area contributed by atoms with Crippen LogP contribution < -0.4 is 9.62 Å². The normalized spacial score (nSPS) is 12.9. The first kappa shape index (κ1) is 32.7. The summed E-state index contributed by atoms with van der Waals surface area (Å²) in [5, 5.41) is 3.90. The van der Waals surface area contributed by atoms with Gasteiger partial charge in [0.1, 0.15) is 12.6 Å². The van der Waals surface area contributed by atoms with Crippen LogP contribution in [0.2, 0.25) is 15.1 Å². The van der Waals surface area contributed by atoms with Crippen LogP contribution in [0.5, 0.6) is 0 Å². The summed E-state index contributed by atoms with van der Waals surface area (Å²) in [4.78, 5) is 29.0. The number of carbonyl (C=O) groups excluding carboxylic acids is 2. The maximum absolute atomic E-state index is 14.2. The fourth-order valence-corrected chi connectivity index (χ4v) is 6.47. The number of anilines is 1. The molecule has 11 heteroatoms. The number of hydrogen-bond donors (Lipinski definition) is 1. The number of halogens is 3. The zero-order valence-electron chi connectivity index (χ0n) is 23.4. The van der Waals surface area contributed by atoms with Gasteiger partial charge in [-0.1, -0.05) is 79.0 Å². The van der Waals surface area contributed by atoms with Crippen molar-refractivity contribution < 1.29 is 18.0 Å². The van der Waals surface area contributed by atoms with Crippen molar-refractivity contribution >= 4 is 62.3 Å². The monoisotopic (exact) mass is 637 g/mol. The molecule has 0 saturated carbocycles. The molecule has 0 heterocycles. The first-order valence-electron chi connectivity index (χ1n) is 13.3. The Morgan fingerprint density at radius 3 is 2.12 bits per heavy atom. The molecule has 3 aromatic rings. The number of benzene rings is 3. The Bertz CT molecular complexity index is 1470. The van der Waals surface area contributed by atoms with Gasteiger partial charge in [0, 0.05) is 33.2 Å². The van der Waals surface area contributed by atoms with Gasteiger partial charge >= 0.3 is 0 Å². The van der Waals surface area contributed by atoms with Gasteiger partial charge in [0.2, 0.25) is 11.8 Å². The van der Waals surface area contributed by atoms with E-state index in [1.807, 2.05) is 13.8 Å². The fraction of sp³-hybridized carbons (Fsp3) is 0.333. The van der Waals surface area contributed by atoms with E-state index in [0.29, 0.717) is 32.6 Å². The molecule has 220 valence electrons. The molecule has 0 bridgehead atoms. The smallest absolute Gasteiger partial charge is 0.264 e. The van der Waals surface area contributed by atoms with Crippen LogP contribution in [0.25, 0.3) is 0 Å². The third-order valence-electron chi connectivity index (χ3n) is 6.83. The maximum Gasteiger partial charge on any atom is 0.264 e. The first-order chi connectivity index (χ1) is 19.4. The number of nitrogens with zero attached hydrogens (tertiary/aromatic N) is 2. The molecular weight excluding hydrogens is 605 g/mol. The number of sulfonamides is 1. The summed E-state index contributed by atoms with van der Waals surface area (Å²) >= 11 is 19.2. The van der Waals surface area contributed by atoms with Crippen LogP contribution in [0.3, 0.4) is 0 Å². The second-order valence-corrected chi connectivity index (χ2v) is 12.8. The van der Waals surface area contributed by atoms with Crippen LogP contribution in [0.4, 0.5) is 5.69 Å². The van der Waals surface area contributed by atoms with Crippen LogP contribution in [-0.2, 0) is 26.2 Å². The highest BCUT2D eigenvalue weighted by atomic mass is 35.5. The van der Waals surface area contributed by atoms with E-state index >= 15 is 0 Å². The number of carbonyl (C=O) groups is 2. The Kier molecular flexibility index (Phi) is 11.5. The van der Waals surface area contributed by atoms with Gasteiger partial charge in [-0.25, -0.2) is 8.42 Å². The molecule has 0 fully saturated rings. The molecule has 7 nitrogen and oxygen atoms in total. The third kappa shape index (κ3) is 7.95. The summed E-state index contributed by atoms with van der Waals surface area (Å²) < 4.78 is 29.0. The summed E-state index contributed by atoms with van der Waals surface area (Å²) in [6, 6.07) is 16.6. The van der Waals surface area contributed by atoms with Gasteiger partial charge in [0.05, 0.1) is 10.6 Å². The second-order valence-electron chi connectivity index (χ2n) is 9.72. The van der Waals surface area contributed by atoms with Crippen molar-refractivity contribution in [3.05, 3.63) is 92.9 Å². The van der Waals surface area contributed by atoms with Crippen molar-refractivity contribution in [3.63, 3.8) is 0 Å². The van der Waals surface area contributed by atoms with E-state index < -0.39 is 28.5 Å². The molecule has 0 aromatic heterocycles.